The molecule has 0 aromatic heterocycles. The lowest BCUT2D eigenvalue weighted by molar-refractivity contribution is 0.178. The summed E-state index contributed by atoms with van der Waals surface area (Å²) in [6, 6.07) is 0.672. The number of nitrogens with zero attached hydrogens (tertiary/aromatic N) is 1. The Labute approximate surface area is 76.5 Å². The molecule has 12 heavy (non-hydrogen) atoms. The van der Waals surface area contributed by atoms with Gasteiger partial charge in [-0.3, -0.25) is 4.90 Å². The third-order valence-electron chi connectivity index (χ3n) is 2.74. The van der Waals surface area contributed by atoms with Crippen molar-refractivity contribution in [3.63, 3.8) is 0 Å². The van der Waals surface area contributed by atoms with Crippen LogP contribution in [-0.2, 0) is 0 Å². The first-order valence-corrected chi connectivity index (χ1v) is 5.25. The van der Waals surface area contributed by atoms with Crippen molar-refractivity contribution in [1.82, 2.24) is 4.90 Å². The molecule has 1 aliphatic heterocycles. The summed E-state index contributed by atoms with van der Waals surface area (Å²) >= 11 is 0. The monoisotopic (exact) mass is 167 g/mol. The van der Waals surface area contributed by atoms with Crippen molar-refractivity contribution in [1.29, 1.82) is 0 Å². The Balaban J connectivity index is 2.31. The summed E-state index contributed by atoms with van der Waals surface area (Å²) in [6.45, 7) is 8.72. The van der Waals surface area contributed by atoms with Gasteiger partial charge in [-0.15, -0.1) is 6.58 Å². The van der Waals surface area contributed by atoms with Crippen molar-refractivity contribution in [3.8, 4) is 0 Å². The van der Waals surface area contributed by atoms with E-state index in [9.17, 15) is 0 Å². The van der Waals surface area contributed by atoms with Crippen molar-refractivity contribution in [2.75, 3.05) is 13.1 Å². The highest BCUT2D eigenvalue weighted by atomic mass is 15.2. The highest BCUT2D eigenvalue weighted by Gasteiger charge is 2.18. The molecular formula is C11H21N. The molecule has 0 radical (unpaired) electrons. The van der Waals surface area contributed by atoms with Gasteiger partial charge >= 0.3 is 0 Å². The van der Waals surface area contributed by atoms with Crippen LogP contribution in [0, 0.1) is 0 Å². The Bertz CT molecular complexity index is 131. The molecule has 0 aromatic carbocycles. The lowest BCUT2D eigenvalue weighted by Crippen LogP contribution is -2.38. The smallest absolute Gasteiger partial charge is 0.0275 e. The molecule has 0 bridgehead atoms. The first-order valence-electron chi connectivity index (χ1n) is 5.25. The number of likely N-dealkylation sites (tertiary alicyclic amines) is 1. The predicted octanol–water partition coefficient (Wildman–Crippen LogP) is 2.83. The molecule has 0 aliphatic carbocycles. The minimum absolute atomic E-state index is 0.672. The molecule has 0 N–H and O–H groups in total. The molecule has 1 unspecified atom stereocenters. The van der Waals surface area contributed by atoms with E-state index in [2.05, 4.69) is 24.5 Å². The lowest BCUT2D eigenvalue weighted by Gasteiger charge is -2.33. The Morgan fingerprint density at radius 3 is 3.00 bits per heavy atom. The summed E-state index contributed by atoms with van der Waals surface area (Å²) in [5, 5.41) is 0. The predicted molar refractivity (Wildman–Crippen MR) is 54.3 cm³/mol. The number of hydrogen-bond acceptors (Lipinski definition) is 1. The third-order valence-corrected chi connectivity index (χ3v) is 2.74. The van der Waals surface area contributed by atoms with Crippen molar-refractivity contribution in [2.45, 2.75) is 45.1 Å². The normalized spacial score (nSPS) is 25.6. The summed E-state index contributed by atoms with van der Waals surface area (Å²) in [4.78, 5) is 2.58. The van der Waals surface area contributed by atoms with Gasteiger partial charge in [0.15, 0.2) is 0 Å². The zero-order valence-electron chi connectivity index (χ0n) is 8.26. The molecule has 1 atom stereocenters. The first-order chi connectivity index (χ1) is 5.88. The van der Waals surface area contributed by atoms with Crippen molar-refractivity contribution in [2.24, 2.45) is 0 Å². The van der Waals surface area contributed by atoms with Gasteiger partial charge in [0.05, 0.1) is 0 Å². The highest BCUT2D eigenvalue weighted by molar-refractivity contribution is 4.90. The molecule has 1 heterocycles. The van der Waals surface area contributed by atoms with E-state index >= 15 is 0 Å². The van der Waals surface area contributed by atoms with Gasteiger partial charge in [0.2, 0.25) is 0 Å². The molecule has 0 spiro atoms. The lowest BCUT2D eigenvalue weighted by atomic mass is 10.0. The minimum atomic E-state index is 0.672. The summed E-state index contributed by atoms with van der Waals surface area (Å²) in [6.07, 6.45) is 8.86. The van der Waals surface area contributed by atoms with E-state index in [-0.39, 0.29) is 0 Å². The van der Waals surface area contributed by atoms with Crippen LogP contribution in [0.25, 0.3) is 0 Å². The first kappa shape index (κ1) is 9.79. The number of piperidine rings is 1. The van der Waals surface area contributed by atoms with Crippen molar-refractivity contribution < 1.29 is 0 Å². The van der Waals surface area contributed by atoms with E-state index in [0.717, 1.165) is 0 Å². The van der Waals surface area contributed by atoms with Crippen LogP contribution < -0.4 is 0 Å². The van der Waals surface area contributed by atoms with Crippen LogP contribution in [0.2, 0.25) is 0 Å². The molecule has 0 amide bonds. The van der Waals surface area contributed by atoms with Gasteiger partial charge in [-0.25, -0.2) is 0 Å². The van der Waals surface area contributed by atoms with Crippen LogP contribution in [-0.4, -0.2) is 24.0 Å². The molecule has 1 fully saturated rings. The van der Waals surface area contributed by atoms with Gasteiger partial charge in [0, 0.05) is 6.04 Å². The van der Waals surface area contributed by atoms with E-state index < -0.39 is 0 Å². The molecule has 0 saturated carbocycles. The second-order valence-electron chi connectivity index (χ2n) is 3.69. The Hall–Kier alpha value is -0.300. The summed E-state index contributed by atoms with van der Waals surface area (Å²) in [5.41, 5.74) is 0. The van der Waals surface area contributed by atoms with Gasteiger partial charge in [-0.05, 0) is 32.4 Å². The number of hydrogen-bond donors (Lipinski definition) is 0. The molecule has 1 nitrogen and oxygen atoms in total. The fourth-order valence-corrected chi connectivity index (χ4v) is 1.92. The van der Waals surface area contributed by atoms with Gasteiger partial charge in [0.1, 0.15) is 0 Å². The minimum Gasteiger partial charge on any atom is -0.297 e. The Kier molecular flexibility index (Phi) is 4.37. The maximum Gasteiger partial charge on any atom is 0.0275 e. The second kappa shape index (κ2) is 5.36. The maximum atomic E-state index is 3.90. The average molecular weight is 167 g/mol. The Morgan fingerprint density at radius 1 is 1.50 bits per heavy atom. The van der Waals surface area contributed by atoms with Crippen LogP contribution in [0.3, 0.4) is 0 Å². The van der Waals surface area contributed by atoms with Crippen LogP contribution in [0.4, 0.5) is 0 Å². The third kappa shape index (κ3) is 2.63. The van der Waals surface area contributed by atoms with E-state index in [0.29, 0.717) is 6.04 Å². The zero-order chi connectivity index (χ0) is 8.81. The second-order valence-corrected chi connectivity index (χ2v) is 3.69. The fraction of sp³-hybridized carbons (Fsp3) is 0.818. The average Bonchev–Trinajstić information content (AvgIpc) is 2.15. The molecule has 0 aromatic rings. The van der Waals surface area contributed by atoms with E-state index in [1.807, 2.05) is 0 Å². The van der Waals surface area contributed by atoms with Crippen molar-refractivity contribution >= 4 is 0 Å². The molecule has 1 heteroatoms. The van der Waals surface area contributed by atoms with Crippen LogP contribution in [0.5, 0.6) is 0 Å². The summed E-state index contributed by atoms with van der Waals surface area (Å²) in [7, 11) is 0. The maximum absolute atomic E-state index is 3.90. The van der Waals surface area contributed by atoms with Gasteiger partial charge in [0.25, 0.3) is 0 Å². The molecule has 70 valence electrons. The van der Waals surface area contributed by atoms with E-state index in [1.54, 1.807) is 0 Å². The molecule has 1 saturated heterocycles. The zero-order valence-corrected chi connectivity index (χ0v) is 8.26. The van der Waals surface area contributed by atoms with Crippen LogP contribution >= 0.6 is 0 Å². The number of unbranched alkanes of at least 4 members (excludes halogenated alkanes) is 1. The SMILES string of the molecule is C=CC1CCCCN1CCCC. The molecular weight excluding hydrogens is 146 g/mol. The van der Waals surface area contributed by atoms with Gasteiger partial charge in [-0.1, -0.05) is 25.8 Å². The summed E-state index contributed by atoms with van der Waals surface area (Å²) < 4.78 is 0. The van der Waals surface area contributed by atoms with Crippen LogP contribution in [0.1, 0.15) is 39.0 Å². The number of rotatable bonds is 4. The van der Waals surface area contributed by atoms with E-state index in [4.69, 9.17) is 0 Å². The quantitative estimate of drug-likeness (QED) is 0.582. The van der Waals surface area contributed by atoms with E-state index in [1.165, 1.54) is 45.2 Å². The summed E-state index contributed by atoms with van der Waals surface area (Å²) in [5.74, 6) is 0. The highest BCUT2D eigenvalue weighted by Crippen LogP contribution is 2.17. The van der Waals surface area contributed by atoms with Gasteiger partial charge in [-0.2, -0.15) is 0 Å². The van der Waals surface area contributed by atoms with Crippen LogP contribution in [0.15, 0.2) is 12.7 Å². The van der Waals surface area contributed by atoms with Gasteiger partial charge < -0.3 is 0 Å². The molecule has 1 aliphatic rings. The largest absolute Gasteiger partial charge is 0.297 e. The Morgan fingerprint density at radius 2 is 2.33 bits per heavy atom. The fourth-order valence-electron chi connectivity index (χ4n) is 1.92. The topological polar surface area (TPSA) is 3.24 Å². The standard InChI is InChI=1S/C11H21N/c1-3-5-9-12-10-7-6-8-11(12)4-2/h4,11H,2-3,5-10H2,1H3. The molecule has 1 rings (SSSR count). The van der Waals surface area contributed by atoms with Crippen molar-refractivity contribution in [3.05, 3.63) is 12.7 Å².